The van der Waals surface area contributed by atoms with Gasteiger partial charge in [-0.1, -0.05) is 43.4 Å². The zero-order valence-electron chi connectivity index (χ0n) is 25.9. The molecule has 0 saturated carbocycles. The van der Waals surface area contributed by atoms with Crippen LogP contribution in [0.15, 0.2) is 65.7 Å². The lowest BCUT2D eigenvalue weighted by Gasteiger charge is -2.29. The predicted molar refractivity (Wildman–Crippen MR) is 174 cm³/mol. The Morgan fingerprint density at radius 1 is 1.02 bits per heavy atom. The van der Waals surface area contributed by atoms with E-state index >= 15 is 0 Å². The van der Waals surface area contributed by atoms with E-state index in [1.807, 2.05) is 56.5 Å². The van der Waals surface area contributed by atoms with Gasteiger partial charge in [-0.25, -0.2) is 17.4 Å². The molecule has 2 N–H and O–H groups in total. The fourth-order valence-electron chi connectivity index (χ4n) is 5.76. The number of aryl methyl sites for hydroxylation is 3. The fraction of sp³-hybridized carbons (Fsp3) is 0.333. The molecule has 43 heavy (non-hydrogen) atoms. The Kier molecular flexibility index (Phi) is 7.90. The SMILES string of the molecule is Cc1ccc(S(=O)(=O)n2ccc3c(C(C)(N)c4nc5ccc(C#N)cc5n4COCC[Si](C)(C)C)c(C)cc(C)c32)cc1. The van der Waals surface area contributed by atoms with Gasteiger partial charge < -0.3 is 15.0 Å². The molecule has 0 aliphatic carbocycles. The molecule has 0 aliphatic heterocycles. The van der Waals surface area contributed by atoms with Gasteiger partial charge in [-0.05, 0) is 86.8 Å². The van der Waals surface area contributed by atoms with Gasteiger partial charge in [0.2, 0.25) is 0 Å². The monoisotopic (exact) mass is 613 g/mol. The predicted octanol–water partition coefficient (Wildman–Crippen LogP) is 6.56. The Morgan fingerprint density at radius 3 is 2.37 bits per heavy atom. The van der Waals surface area contributed by atoms with E-state index in [-0.39, 0.29) is 11.6 Å². The number of ether oxygens (including phenoxy) is 1. The highest BCUT2D eigenvalue weighted by molar-refractivity contribution is 7.90. The van der Waals surface area contributed by atoms with Crippen LogP contribution in [0.5, 0.6) is 0 Å². The van der Waals surface area contributed by atoms with Crippen molar-refractivity contribution < 1.29 is 13.2 Å². The van der Waals surface area contributed by atoms with E-state index in [4.69, 9.17) is 15.5 Å². The van der Waals surface area contributed by atoms with Crippen LogP contribution < -0.4 is 5.73 Å². The first kappa shape index (κ1) is 30.7. The molecule has 1 unspecified atom stereocenters. The molecule has 0 radical (unpaired) electrons. The minimum absolute atomic E-state index is 0.221. The first-order chi connectivity index (χ1) is 20.1. The van der Waals surface area contributed by atoms with Gasteiger partial charge in [0.15, 0.2) is 0 Å². The number of fused-ring (bicyclic) bond motifs is 2. The summed E-state index contributed by atoms with van der Waals surface area (Å²) in [5.74, 6) is 0.577. The van der Waals surface area contributed by atoms with Crippen LogP contribution in [0.25, 0.3) is 21.9 Å². The number of aromatic nitrogens is 3. The zero-order valence-corrected chi connectivity index (χ0v) is 27.7. The molecule has 2 aromatic heterocycles. The molecule has 0 aliphatic rings. The van der Waals surface area contributed by atoms with Gasteiger partial charge in [-0.2, -0.15) is 5.26 Å². The Bertz CT molecular complexity index is 1990. The van der Waals surface area contributed by atoms with E-state index in [1.165, 1.54) is 3.97 Å². The molecular weight excluding hydrogens is 575 g/mol. The molecule has 2 heterocycles. The molecule has 5 rings (SSSR count). The maximum atomic E-state index is 13.8. The second-order valence-electron chi connectivity index (χ2n) is 12.8. The van der Waals surface area contributed by atoms with Crippen molar-refractivity contribution in [2.75, 3.05) is 6.61 Å². The van der Waals surface area contributed by atoms with E-state index in [9.17, 15) is 13.7 Å². The van der Waals surface area contributed by atoms with Crippen LogP contribution in [-0.4, -0.2) is 36.6 Å². The number of imidazole rings is 1. The largest absolute Gasteiger partial charge is 0.361 e. The second kappa shape index (κ2) is 11.1. The molecule has 224 valence electrons. The summed E-state index contributed by atoms with van der Waals surface area (Å²) in [6, 6.07) is 19.3. The van der Waals surface area contributed by atoms with Crippen molar-refractivity contribution in [3.8, 4) is 6.07 Å². The molecule has 0 bridgehead atoms. The van der Waals surface area contributed by atoms with Crippen molar-refractivity contribution in [1.82, 2.24) is 13.5 Å². The summed E-state index contributed by atoms with van der Waals surface area (Å²) in [6.45, 7) is 15.5. The second-order valence-corrected chi connectivity index (χ2v) is 20.2. The van der Waals surface area contributed by atoms with Crippen LogP contribution in [0, 0.1) is 32.1 Å². The van der Waals surface area contributed by atoms with Crippen molar-refractivity contribution >= 4 is 40.0 Å². The van der Waals surface area contributed by atoms with Gasteiger partial charge >= 0.3 is 0 Å². The maximum absolute atomic E-state index is 13.8. The summed E-state index contributed by atoms with van der Waals surface area (Å²) in [5, 5.41) is 10.3. The standard InChI is InChI=1S/C33H39N5O3SSi/c1-22-8-11-26(12-9-22)42(39,40)38-15-14-27-30(23(2)18-24(3)31(27)38)33(4,35)32-36-28-13-10-25(20-34)19-29(28)37(32)21-41-16-17-43(5,6)7/h8-15,18-19H,16-17,21,35H2,1-7H3. The summed E-state index contributed by atoms with van der Waals surface area (Å²) in [7, 11) is -5.16. The van der Waals surface area contributed by atoms with Crippen LogP contribution in [0.1, 0.15) is 40.6 Å². The third-order valence-corrected chi connectivity index (χ3v) is 11.4. The normalized spacial score (nSPS) is 13.8. The van der Waals surface area contributed by atoms with Gasteiger partial charge in [0.05, 0.1) is 38.6 Å². The number of nitrogens with two attached hydrogens (primary N) is 1. The highest BCUT2D eigenvalue weighted by atomic mass is 32.2. The molecule has 0 amide bonds. The third kappa shape index (κ3) is 5.66. The Labute approximate surface area is 254 Å². The van der Waals surface area contributed by atoms with Crippen LogP contribution in [0.3, 0.4) is 0 Å². The summed E-state index contributed by atoms with van der Waals surface area (Å²) in [4.78, 5) is 5.20. The average Bonchev–Trinajstić information content (AvgIpc) is 3.53. The van der Waals surface area contributed by atoms with Crippen LogP contribution in [-0.2, 0) is 27.0 Å². The first-order valence-electron chi connectivity index (χ1n) is 14.4. The molecule has 0 spiro atoms. The summed E-state index contributed by atoms with van der Waals surface area (Å²) < 4.78 is 37.1. The number of hydrogen-bond acceptors (Lipinski definition) is 6. The molecule has 3 aromatic carbocycles. The topological polar surface area (TPSA) is 116 Å². The van der Waals surface area contributed by atoms with Crippen molar-refractivity contribution in [3.63, 3.8) is 0 Å². The summed E-state index contributed by atoms with van der Waals surface area (Å²) in [5.41, 5.74) is 12.2. The smallest absolute Gasteiger partial charge is 0.268 e. The minimum atomic E-state index is -3.86. The molecule has 8 nitrogen and oxygen atoms in total. The fourth-order valence-corrected chi connectivity index (χ4v) is 7.93. The van der Waals surface area contributed by atoms with E-state index < -0.39 is 23.6 Å². The summed E-state index contributed by atoms with van der Waals surface area (Å²) >= 11 is 0. The molecule has 0 saturated heterocycles. The number of hydrogen-bond donors (Lipinski definition) is 1. The van der Waals surface area contributed by atoms with Crippen molar-refractivity contribution in [1.29, 1.82) is 5.26 Å². The van der Waals surface area contributed by atoms with Crippen molar-refractivity contribution in [2.24, 2.45) is 5.73 Å². The Hall–Kier alpha value is -3.75. The molecule has 5 aromatic rings. The number of benzene rings is 3. The van der Waals surface area contributed by atoms with Gasteiger partial charge in [0, 0.05) is 26.3 Å². The van der Waals surface area contributed by atoms with E-state index in [0.717, 1.165) is 39.2 Å². The van der Waals surface area contributed by atoms with Crippen molar-refractivity contribution in [3.05, 3.63) is 94.4 Å². The lowest BCUT2D eigenvalue weighted by atomic mass is 9.85. The van der Waals surface area contributed by atoms with Gasteiger partial charge in [-0.3, -0.25) is 0 Å². The average molecular weight is 614 g/mol. The molecule has 1 atom stereocenters. The highest BCUT2D eigenvalue weighted by Crippen LogP contribution is 2.39. The molecular formula is C33H39N5O3SSi. The van der Waals surface area contributed by atoms with Crippen LogP contribution in [0.2, 0.25) is 25.7 Å². The molecule has 0 fully saturated rings. The van der Waals surface area contributed by atoms with E-state index in [0.29, 0.717) is 29.0 Å². The van der Waals surface area contributed by atoms with Crippen molar-refractivity contribution in [2.45, 2.75) is 70.5 Å². The highest BCUT2D eigenvalue weighted by Gasteiger charge is 2.35. The maximum Gasteiger partial charge on any atom is 0.268 e. The van der Waals surface area contributed by atoms with E-state index in [2.05, 4.69) is 25.7 Å². The first-order valence-corrected chi connectivity index (χ1v) is 19.5. The lowest BCUT2D eigenvalue weighted by Crippen LogP contribution is -2.39. The third-order valence-electron chi connectivity index (χ3n) is 7.98. The zero-order chi connectivity index (χ0) is 31.3. The van der Waals surface area contributed by atoms with E-state index in [1.54, 1.807) is 36.5 Å². The molecule has 10 heteroatoms. The number of rotatable bonds is 9. The number of nitrogens with zero attached hydrogens (tertiary/aromatic N) is 4. The Morgan fingerprint density at radius 2 is 1.72 bits per heavy atom. The lowest BCUT2D eigenvalue weighted by molar-refractivity contribution is 0.0860. The van der Waals surface area contributed by atoms with Crippen LogP contribution >= 0.6 is 0 Å². The van der Waals surface area contributed by atoms with Gasteiger partial charge in [0.1, 0.15) is 12.6 Å². The number of nitriles is 1. The summed E-state index contributed by atoms with van der Waals surface area (Å²) in [6.07, 6.45) is 1.60. The van der Waals surface area contributed by atoms with Crippen LogP contribution in [0.4, 0.5) is 0 Å². The quantitative estimate of drug-likeness (QED) is 0.149. The van der Waals surface area contributed by atoms with Gasteiger partial charge in [0.25, 0.3) is 10.0 Å². The Balaban J connectivity index is 1.68. The van der Waals surface area contributed by atoms with Gasteiger partial charge in [-0.15, -0.1) is 0 Å². The minimum Gasteiger partial charge on any atom is -0.361 e.